The number of thioether (sulfide) groups is 1. The number of nitrogens with zero attached hydrogens (tertiary/aromatic N) is 4. The molecule has 2 aliphatic heterocycles. The molecule has 0 radical (unpaired) electrons. The lowest BCUT2D eigenvalue weighted by molar-refractivity contribution is -0.115. The highest BCUT2D eigenvalue weighted by molar-refractivity contribution is 8.18. The molecule has 3 aromatic rings. The van der Waals surface area contributed by atoms with E-state index < -0.39 is 0 Å². The van der Waals surface area contributed by atoms with Gasteiger partial charge < -0.3 is 19.9 Å². The number of nitrogens with one attached hydrogen (secondary N) is 2. The molecule has 2 aliphatic rings. The van der Waals surface area contributed by atoms with Gasteiger partial charge in [0, 0.05) is 56.1 Å². The predicted molar refractivity (Wildman–Crippen MR) is 138 cm³/mol. The van der Waals surface area contributed by atoms with E-state index in [0.717, 1.165) is 66.3 Å². The lowest BCUT2D eigenvalue weighted by atomic mass is 10.2. The van der Waals surface area contributed by atoms with Crippen molar-refractivity contribution in [2.24, 2.45) is 4.99 Å². The van der Waals surface area contributed by atoms with Crippen molar-refractivity contribution < 1.29 is 9.53 Å². The molecule has 0 unspecified atom stereocenters. The second kappa shape index (κ2) is 10.0. The summed E-state index contributed by atoms with van der Waals surface area (Å²) in [5, 5.41) is 4.42. The maximum Gasteiger partial charge on any atom is 0.264 e. The number of hydrogen-bond donors (Lipinski definition) is 2. The monoisotopic (exact) mass is 476 g/mol. The van der Waals surface area contributed by atoms with Gasteiger partial charge in [-0.15, -0.1) is 0 Å². The first-order chi connectivity index (χ1) is 16.5. The van der Waals surface area contributed by atoms with Crippen molar-refractivity contribution in [2.45, 2.75) is 6.92 Å². The highest BCUT2D eigenvalue weighted by Gasteiger charge is 2.24. The second-order valence-corrected chi connectivity index (χ2v) is 9.60. The number of aromatic amines is 1. The van der Waals surface area contributed by atoms with Crippen molar-refractivity contribution in [1.82, 2.24) is 25.1 Å². The molecular formula is C25H28N6O2S. The molecule has 2 saturated heterocycles. The molecule has 8 nitrogen and oxygen atoms in total. The molecular weight excluding hydrogens is 448 g/mol. The van der Waals surface area contributed by atoms with Crippen LogP contribution >= 0.6 is 11.8 Å². The quantitative estimate of drug-likeness (QED) is 0.531. The molecule has 1 aromatic carbocycles. The van der Waals surface area contributed by atoms with Crippen LogP contribution in [0.15, 0.2) is 52.6 Å². The van der Waals surface area contributed by atoms with Crippen molar-refractivity contribution in [3.8, 4) is 5.75 Å². The lowest BCUT2D eigenvalue weighted by Gasteiger charge is -2.32. The summed E-state index contributed by atoms with van der Waals surface area (Å²) in [6.45, 7) is 8.00. The number of carbonyl (C=O) groups excluding carboxylic acids is 1. The number of amides is 1. The van der Waals surface area contributed by atoms with Gasteiger partial charge in [-0.05, 0) is 67.7 Å². The number of fused-ring (bicyclic) bond motifs is 1. The molecule has 9 heteroatoms. The molecule has 4 heterocycles. The summed E-state index contributed by atoms with van der Waals surface area (Å²) >= 11 is 1.34. The Labute approximate surface area is 203 Å². The maximum atomic E-state index is 12.5. The van der Waals surface area contributed by atoms with Gasteiger partial charge in [0.15, 0.2) is 5.17 Å². The average molecular weight is 477 g/mol. The summed E-state index contributed by atoms with van der Waals surface area (Å²) in [5.74, 6) is 0.690. The van der Waals surface area contributed by atoms with E-state index in [1.54, 1.807) is 6.20 Å². The number of aliphatic imine (C=N–C) groups is 1. The van der Waals surface area contributed by atoms with E-state index in [4.69, 9.17) is 4.74 Å². The summed E-state index contributed by atoms with van der Waals surface area (Å²) < 4.78 is 5.97. The smallest absolute Gasteiger partial charge is 0.264 e. The topological polar surface area (TPSA) is 85.9 Å². The SMILES string of the molecule is Cc1cc(OCCN2CCN(C)CC2)ccc1/N=C1/NC(=O)/C(=C/c2c[nH]c3ncccc23)S1. The third kappa shape index (κ3) is 5.16. The number of likely N-dealkylation sites (N-methyl/N-ethyl adjacent to an activating group) is 1. The Kier molecular flexibility index (Phi) is 6.66. The van der Waals surface area contributed by atoms with Crippen LogP contribution in [0.5, 0.6) is 5.75 Å². The van der Waals surface area contributed by atoms with Crippen LogP contribution in [-0.4, -0.2) is 77.2 Å². The largest absolute Gasteiger partial charge is 0.492 e. The van der Waals surface area contributed by atoms with Gasteiger partial charge in [-0.3, -0.25) is 9.69 Å². The van der Waals surface area contributed by atoms with Crippen LogP contribution in [0.2, 0.25) is 0 Å². The van der Waals surface area contributed by atoms with Gasteiger partial charge in [0.05, 0.1) is 10.6 Å². The van der Waals surface area contributed by atoms with Crippen molar-refractivity contribution in [3.63, 3.8) is 0 Å². The van der Waals surface area contributed by atoms with Crippen LogP contribution in [0.3, 0.4) is 0 Å². The Bertz CT molecular complexity index is 1260. The summed E-state index contributed by atoms with van der Waals surface area (Å²) in [7, 11) is 2.16. The molecule has 0 spiro atoms. The number of aromatic nitrogens is 2. The summed E-state index contributed by atoms with van der Waals surface area (Å²) in [6, 6.07) is 9.74. The van der Waals surface area contributed by atoms with Gasteiger partial charge in [-0.1, -0.05) is 0 Å². The van der Waals surface area contributed by atoms with E-state index in [1.165, 1.54) is 11.8 Å². The van der Waals surface area contributed by atoms with Crippen LogP contribution in [0.1, 0.15) is 11.1 Å². The van der Waals surface area contributed by atoms with E-state index >= 15 is 0 Å². The fourth-order valence-corrected chi connectivity index (χ4v) is 4.86. The van der Waals surface area contributed by atoms with E-state index in [2.05, 4.69) is 37.1 Å². The van der Waals surface area contributed by atoms with Crippen molar-refractivity contribution in [3.05, 3.63) is 58.8 Å². The van der Waals surface area contributed by atoms with Gasteiger partial charge in [0.2, 0.25) is 0 Å². The van der Waals surface area contributed by atoms with Crippen LogP contribution in [0.4, 0.5) is 5.69 Å². The Morgan fingerprint density at radius 3 is 2.91 bits per heavy atom. The van der Waals surface area contributed by atoms with Crippen molar-refractivity contribution in [1.29, 1.82) is 0 Å². The van der Waals surface area contributed by atoms with Crippen LogP contribution in [-0.2, 0) is 4.79 Å². The van der Waals surface area contributed by atoms with E-state index in [0.29, 0.717) is 16.7 Å². The number of rotatable bonds is 6. The molecule has 0 bridgehead atoms. The first-order valence-corrected chi connectivity index (χ1v) is 12.2. The Balaban J connectivity index is 1.22. The van der Waals surface area contributed by atoms with Crippen molar-refractivity contribution >= 4 is 45.6 Å². The lowest BCUT2D eigenvalue weighted by Crippen LogP contribution is -2.45. The standard InChI is InChI=1S/C25H28N6O2S/c1-17-14-19(33-13-12-31-10-8-30(2)9-11-31)5-6-21(17)28-25-29-24(32)22(34-25)15-18-16-27-23-20(18)4-3-7-26-23/h3-7,14-16H,8-13H2,1-2H3,(H,26,27)(H,28,29,32)/b22-15-. The normalized spacial score (nSPS) is 19.9. The zero-order valence-electron chi connectivity index (χ0n) is 19.4. The van der Waals surface area contributed by atoms with Gasteiger partial charge in [-0.25, -0.2) is 9.98 Å². The number of piperazine rings is 1. The Morgan fingerprint density at radius 1 is 1.24 bits per heavy atom. The molecule has 0 atom stereocenters. The molecule has 2 aromatic heterocycles. The summed E-state index contributed by atoms with van der Waals surface area (Å²) in [6.07, 6.45) is 5.47. The number of amidine groups is 1. The van der Waals surface area contributed by atoms with E-state index in [9.17, 15) is 4.79 Å². The minimum atomic E-state index is -0.150. The highest BCUT2D eigenvalue weighted by atomic mass is 32.2. The third-order valence-electron chi connectivity index (χ3n) is 6.08. The summed E-state index contributed by atoms with van der Waals surface area (Å²) in [5.41, 5.74) is 3.54. The zero-order chi connectivity index (χ0) is 23.5. The zero-order valence-corrected chi connectivity index (χ0v) is 20.2. The molecule has 2 fully saturated rings. The number of carbonyl (C=O) groups is 1. The van der Waals surface area contributed by atoms with Crippen molar-refractivity contribution in [2.75, 3.05) is 46.4 Å². The van der Waals surface area contributed by atoms with E-state index in [-0.39, 0.29) is 5.91 Å². The van der Waals surface area contributed by atoms with Crippen LogP contribution in [0.25, 0.3) is 17.1 Å². The highest BCUT2D eigenvalue weighted by Crippen LogP contribution is 2.31. The Morgan fingerprint density at radius 2 is 2.09 bits per heavy atom. The molecule has 176 valence electrons. The van der Waals surface area contributed by atoms with E-state index in [1.807, 2.05) is 49.5 Å². The molecule has 0 saturated carbocycles. The minimum Gasteiger partial charge on any atom is -0.492 e. The first kappa shape index (κ1) is 22.6. The number of pyridine rings is 1. The third-order valence-corrected chi connectivity index (χ3v) is 6.99. The fraction of sp³-hybridized carbons (Fsp3) is 0.320. The number of aryl methyl sites for hydroxylation is 1. The Hall–Kier alpha value is -3.14. The predicted octanol–water partition coefficient (Wildman–Crippen LogP) is 3.39. The average Bonchev–Trinajstić information content (AvgIpc) is 3.40. The minimum absolute atomic E-state index is 0.150. The number of ether oxygens (including phenoxy) is 1. The van der Waals surface area contributed by atoms with Gasteiger partial charge >= 0.3 is 0 Å². The number of benzene rings is 1. The van der Waals surface area contributed by atoms with Gasteiger partial charge in [0.1, 0.15) is 18.0 Å². The maximum absolute atomic E-state index is 12.5. The van der Waals surface area contributed by atoms with Crippen LogP contribution in [0, 0.1) is 6.92 Å². The van der Waals surface area contributed by atoms with Gasteiger partial charge in [0.25, 0.3) is 5.91 Å². The molecule has 5 rings (SSSR count). The second-order valence-electron chi connectivity index (χ2n) is 8.57. The molecule has 1 amide bonds. The number of H-pyrrole nitrogens is 1. The summed E-state index contributed by atoms with van der Waals surface area (Å²) in [4.78, 5) is 30.0. The molecule has 0 aliphatic carbocycles. The number of hydrogen-bond acceptors (Lipinski definition) is 7. The fourth-order valence-electron chi connectivity index (χ4n) is 4.03. The first-order valence-electron chi connectivity index (χ1n) is 11.4. The van der Waals surface area contributed by atoms with Gasteiger partial charge in [-0.2, -0.15) is 0 Å². The molecule has 34 heavy (non-hydrogen) atoms. The van der Waals surface area contributed by atoms with Crippen LogP contribution < -0.4 is 10.1 Å². The molecule has 2 N–H and O–H groups in total.